The third-order valence-corrected chi connectivity index (χ3v) is 4.62. The van der Waals surface area contributed by atoms with Gasteiger partial charge >= 0.3 is 0 Å². The van der Waals surface area contributed by atoms with Gasteiger partial charge in [-0.05, 0) is 55.7 Å². The maximum absolute atomic E-state index is 9.20. The Hall–Kier alpha value is -2.84. The molecule has 0 amide bonds. The molecule has 0 aliphatic carbocycles. The molecule has 0 spiro atoms. The van der Waals surface area contributed by atoms with Crippen molar-refractivity contribution in [2.45, 2.75) is 31.7 Å². The second kappa shape index (κ2) is 8.03. The third kappa shape index (κ3) is 4.62. The predicted molar refractivity (Wildman–Crippen MR) is 103 cm³/mol. The van der Waals surface area contributed by atoms with Gasteiger partial charge in [0.15, 0.2) is 5.16 Å². The standard InChI is InChI=1S/C21H19N3OS/c1-14-8-15(2)10-19(9-14)25-20-11-16(3)23-21(24-20)26-13-18-7-5-4-6-17(18)12-22/h4-11H,13H2,1-3H3. The van der Waals surface area contributed by atoms with E-state index < -0.39 is 0 Å². The first-order valence-corrected chi connectivity index (χ1v) is 9.24. The van der Waals surface area contributed by atoms with Crippen molar-refractivity contribution in [3.63, 3.8) is 0 Å². The third-order valence-electron chi connectivity index (χ3n) is 3.72. The lowest BCUT2D eigenvalue weighted by Gasteiger charge is -2.09. The van der Waals surface area contributed by atoms with Crippen LogP contribution in [0.25, 0.3) is 0 Å². The first-order chi connectivity index (χ1) is 12.5. The highest BCUT2D eigenvalue weighted by Gasteiger charge is 2.08. The molecular formula is C21H19N3OS. The maximum Gasteiger partial charge on any atom is 0.223 e. The molecule has 0 aliphatic heterocycles. The SMILES string of the molecule is Cc1cc(C)cc(Oc2cc(C)nc(SCc3ccccc3C#N)n2)c1. The highest BCUT2D eigenvalue weighted by molar-refractivity contribution is 7.98. The van der Waals surface area contributed by atoms with Crippen molar-refractivity contribution >= 4 is 11.8 Å². The van der Waals surface area contributed by atoms with Gasteiger partial charge in [0.25, 0.3) is 0 Å². The first-order valence-electron chi connectivity index (χ1n) is 8.26. The largest absolute Gasteiger partial charge is 0.439 e. The Balaban J connectivity index is 1.78. The Morgan fingerprint density at radius 3 is 2.46 bits per heavy atom. The summed E-state index contributed by atoms with van der Waals surface area (Å²) in [6.07, 6.45) is 0. The van der Waals surface area contributed by atoms with Crippen molar-refractivity contribution in [2.24, 2.45) is 0 Å². The molecule has 3 rings (SSSR count). The maximum atomic E-state index is 9.20. The summed E-state index contributed by atoms with van der Waals surface area (Å²) in [5, 5.41) is 9.84. The summed E-state index contributed by atoms with van der Waals surface area (Å²) in [5.41, 5.74) is 4.79. The summed E-state index contributed by atoms with van der Waals surface area (Å²) >= 11 is 1.49. The Morgan fingerprint density at radius 1 is 1.00 bits per heavy atom. The fourth-order valence-electron chi connectivity index (χ4n) is 2.64. The van der Waals surface area contributed by atoms with Crippen LogP contribution in [0.1, 0.15) is 27.9 Å². The molecular weight excluding hydrogens is 342 g/mol. The minimum absolute atomic E-state index is 0.526. The molecule has 0 fully saturated rings. The van der Waals surface area contributed by atoms with Crippen LogP contribution < -0.4 is 4.74 Å². The van der Waals surface area contributed by atoms with Crippen molar-refractivity contribution in [3.8, 4) is 17.7 Å². The molecule has 0 unspecified atom stereocenters. The van der Waals surface area contributed by atoms with Crippen LogP contribution in [0.15, 0.2) is 53.7 Å². The van der Waals surface area contributed by atoms with Crippen LogP contribution in [0.3, 0.4) is 0 Å². The van der Waals surface area contributed by atoms with E-state index in [1.807, 2.05) is 63.2 Å². The first kappa shape index (κ1) is 18.0. The van der Waals surface area contributed by atoms with Crippen molar-refractivity contribution < 1.29 is 4.74 Å². The number of ether oxygens (including phenoxy) is 1. The zero-order chi connectivity index (χ0) is 18.5. The highest BCUT2D eigenvalue weighted by atomic mass is 32.2. The summed E-state index contributed by atoms with van der Waals surface area (Å²) in [4.78, 5) is 8.98. The average Bonchev–Trinajstić information content (AvgIpc) is 2.59. The van der Waals surface area contributed by atoms with E-state index in [9.17, 15) is 5.26 Å². The molecule has 5 heteroatoms. The number of hydrogen-bond donors (Lipinski definition) is 0. The van der Waals surface area contributed by atoms with Crippen LogP contribution in [-0.2, 0) is 5.75 Å². The monoisotopic (exact) mass is 361 g/mol. The normalized spacial score (nSPS) is 10.4. The van der Waals surface area contributed by atoms with Gasteiger partial charge < -0.3 is 4.74 Å². The van der Waals surface area contributed by atoms with Crippen molar-refractivity contribution in [1.82, 2.24) is 9.97 Å². The molecule has 0 aliphatic rings. The van der Waals surface area contributed by atoms with E-state index >= 15 is 0 Å². The molecule has 1 aromatic heterocycles. The quantitative estimate of drug-likeness (QED) is 0.452. The van der Waals surface area contributed by atoms with Crippen molar-refractivity contribution in [1.29, 1.82) is 5.26 Å². The summed E-state index contributed by atoms with van der Waals surface area (Å²) < 4.78 is 5.94. The minimum Gasteiger partial charge on any atom is -0.439 e. The zero-order valence-corrected chi connectivity index (χ0v) is 15.8. The number of aryl methyl sites for hydroxylation is 3. The molecule has 4 nitrogen and oxygen atoms in total. The molecule has 0 saturated carbocycles. The highest BCUT2D eigenvalue weighted by Crippen LogP contribution is 2.27. The van der Waals surface area contributed by atoms with Crippen LogP contribution >= 0.6 is 11.8 Å². The lowest BCUT2D eigenvalue weighted by molar-refractivity contribution is 0.454. The van der Waals surface area contributed by atoms with Gasteiger partial charge in [-0.3, -0.25) is 0 Å². The number of benzene rings is 2. The fraction of sp³-hybridized carbons (Fsp3) is 0.190. The number of aromatic nitrogens is 2. The van der Waals surface area contributed by atoms with E-state index in [0.29, 0.717) is 22.4 Å². The van der Waals surface area contributed by atoms with Crippen LogP contribution in [0.5, 0.6) is 11.6 Å². The number of rotatable bonds is 5. The van der Waals surface area contributed by atoms with E-state index in [-0.39, 0.29) is 0 Å². The molecule has 3 aromatic rings. The van der Waals surface area contributed by atoms with E-state index in [1.165, 1.54) is 11.8 Å². The Labute approximate surface area is 157 Å². The van der Waals surface area contributed by atoms with Gasteiger partial charge in [-0.2, -0.15) is 10.2 Å². The summed E-state index contributed by atoms with van der Waals surface area (Å²) in [7, 11) is 0. The van der Waals surface area contributed by atoms with E-state index in [1.54, 1.807) is 0 Å². The summed E-state index contributed by atoms with van der Waals surface area (Å²) in [6, 6.07) is 17.7. The van der Waals surface area contributed by atoms with E-state index in [4.69, 9.17) is 4.74 Å². The number of thioether (sulfide) groups is 1. The molecule has 0 radical (unpaired) electrons. The van der Waals surface area contributed by atoms with Gasteiger partial charge in [0.05, 0.1) is 11.6 Å². The smallest absolute Gasteiger partial charge is 0.223 e. The summed E-state index contributed by atoms with van der Waals surface area (Å²) in [6.45, 7) is 6.00. The zero-order valence-electron chi connectivity index (χ0n) is 15.0. The predicted octanol–water partition coefficient (Wildman–Crippen LogP) is 5.36. The number of nitriles is 1. The van der Waals surface area contributed by atoms with E-state index in [0.717, 1.165) is 28.1 Å². The van der Waals surface area contributed by atoms with Crippen molar-refractivity contribution in [2.75, 3.05) is 0 Å². The van der Waals surface area contributed by atoms with Crippen molar-refractivity contribution in [3.05, 3.63) is 76.5 Å². The lowest BCUT2D eigenvalue weighted by atomic mass is 10.1. The summed E-state index contributed by atoms with van der Waals surface area (Å²) in [5.74, 6) is 1.93. The van der Waals surface area contributed by atoms with Gasteiger partial charge in [-0.1, -0.05) is 36.0 Å². The fourth-order valence-corrected chi connectivity index (χ4v) is 3.54. The number of nitrogens with zero attached hydrogens (tertiary/aromatic N) is 3. The van der Waals surface area contributed by atoms with Crippen LogP contribution in [0.4, 0.5) is 0 Å². The van der Waals surface area contributed by atoms with Crippen LogP contribution in [-0.4, -0.2) is 9.97 Å². The average molecular weight is 361 g/mol. The van der Waals surface area contributed by atoms with Gasteiger partial charge in [-0.25, -0.2) is 4.98 Å². The Morgan fingerprint density at radius 2 is 1.73 bits per heavy atom. The van der Waals surface area contributed by atoms with Gasteiger partial charge in [0, 0.05) is 17.5 Å². The number of hydrogen-bond acceptors (Lipinski definition) is 5. The second-order valence-electron chi connectivity index (χ2n) is 6.11. The molecule has 0 atom stereocenters. The van der Waals surface area contributed by atoms with Gasteiger partial charge in [0.1, 0.15) is 5.75 Å². The van der Waals surface area contributed by atoms with E-state index in [2.05, 4.69) is 22.1 Å². The van der Waals surface area contributed by atoms with Gasteiger partial charge in [-0.15, -0.1) is 0 Å². The van der Waals surface area contributed by atoms with Crippen LogP contribution in [0.2, 0.25) is 0 Å². The minimum atomic E-state index is 0.526. The Bertz CT molecular complexity index is 959. The molecule has 2 aromatic carbocycles. The molecule has 26 heavy (non-hydrogen) atoms. The van der Waals surface area contributed by atoms with Crippen LogP contribution in [0, 0.1) is 32.1 Å². The Kier molecular flexibility index (Phi) is 5.55. The lowest BCUT2D eigenvalue weighted by Crippen LogP contribution is -1.96. The second-order valence-corrected chi connectivity index (χ2v) is 7.06. The molecule has 130 valence electrons. The molecule has 0 N–H and O–H groups in total. The topological polar surface area (TPSA) is 58.8 Å². The van der Waals surface area contributed by atoms with Gasteiger partial charge in [0.2, 0.25) is 5.88 Å². The molecule has 0 saturated heterocycles. The molecule has 1 heterocycles. The molecule has 0 bridgehead atoms.